The second-order valence-corrected chi connectivity index (χ2v) is 24.2. The predicted molar refractivity (Wildman–Crippen MR) is 326 cm³/mol. The van der Waals surface area contributed by atoms with E-state index >= 15 is 0 Å². The van der Waals surface area contributed by atoms with Crippen molar-refractivity contribution in [1.82, 2.24) is 9.30 Å². The Morgan fingerprint density at radius 1 is 0.600 bits per heavy atom. The smallest absolute Gasteiger partial charge is 0.235 e. The predicted octanol–water partition coefficient (Wildman–Crippen LogP) is 15.9. The van der Waals surface area contributed by atoms with Crippen LogP contribution in [-0.4, -0.2) is 34.1 Å². The number of nitrogens with one attached hydrogen (secondary N) is 2. The topological polar surface area (TPSA) is 155 Å². The summed E-state index contributed by atoms with van der Waals surface area (Å²) < 4.78 is 65.4. The third-order valence-corrected chi connectivity index (χ3v) is 16.9. The minimum atomic E-state index is -4.07. The van der Waals surface area contributed by atoms with Crippen LogP contribution in [0.15, 0.2) is 167 Å². The van der Waals surface area contributed by atoms with E-state index in [2.05, 4.69) is 45.1 Å². The lowest BCUT2D eigenvalue weighted by Crippen LogP contribution is -2.31. The number of benzene rings is 5. The van der Waals surface area contributed by atoms with E-state index in [1.165, 1.54) is 0 Å². The van der Waals surface area contributed by atoms with Crippen molar-refractivity contribution in [2.45, 2.75) is 119 Å². The first-order valence-electron chi connectivity index (χ1n) is 27.5. The lowest BCUT2D eigenvalue weighted by Gasteiger charge is -2.48. The highest BCUT2D eigenvalue weighted by Crippen LogP contribution is 2.56. The molecule has 0 spiro atoms. The van der Waals surface area contributed by atoms with Crippen LogP contribution in [0.3, 0.4) is 0 Å². The summed E-state index contributed by atoms with van der Waals surface area (Å²) in [5.74, 6) is -0.372. The van der Waals surface area contributed by atoms with Crippen molar-refractivity contribution in [3.8, 4) is 12.1 Å². The van der Waals surface area contributed by atoms with Crippen LogP contribution in [0.5, 0.6) is 0 Å². The van der Waals surface area contributed by atoms with Crippen molar-refractivity contribution < 1.29 is 16.8 Å². The van der Waals surface area contributed by atoms with Gasteiger partial charge in [0.25, 0.3) is 0 Å². The summed E-state index contributed by atoms with van der Waals surface area (Å²) in [5, 5.41) is 21.8. The maximum Gasteiger partial charge on any atom is 0.235 e. The van der Waals surface area contributed by atoms with Gasteiger partial charge < -0.3 is 4.90 Å². The van der Waals surface area contributed by atoms with Crippen LogP contribution >= 0.6 is 0 Å². The van der Waals surface area contributed by atoms with Gasteiger partial charge in [0.15, 0.2) is 0 Å². The summed E-state index contributed by atoms with van der Waals surface area (Å²) in [4.78, 5) is 9.40. The Morgan fingerprint density at radius 2 is 1.06 bits per heavy atom. The van der Waals surface area contributed by atoms with Gasteiger partial charge in [0.05, 0.1) is 36.8 Å². The van der Waals surface area contributed by atoms with Crippen LogP contribution < -0.4 is 18.9 Å². The molecule has 2 aliphatic rings. The third kappa shape index (κ3) is 14.6. The van der Waals surface area contributed by atoms with Crippen molar-refractivity contribution >= 4 is 65.5 Å². The second kappa shape index (κ2) is 27.5. The number of aryl methyl sites for hydroxylation is 4. The van der Waals surface area contributed by atoms with E-state index in [0.29, 0.717) is 37.1 Å². The van der Waals surface area contributed by atoms with Gasteiger partial charge in [-0.1, -0.05) is 172 Å². The summed E-state index contributed by atoms with van der Waals surface area (Å²) in [6.45, 7) is 29.1. The largest absolute Gasteiger partial charge is 0.310 e. The van der Waals surface area contributed by atoms with Crippen LogP contribution in [0.25, 0.3) is 15.3 Å². The van der Waals surface area contributed by atoms with E-state index in [4.69, 9.17) is 13.1 Å². The molecule has 5 aromatic carbocycles. The highest BCUT2D eigenvalue weighted by atomic mass is 32.2. The van der Waals surface area contributed by atoms with Gasteiger partial charge in [-0.2, -0.15) is 26.9 Å². The molecule has 14 heteroatoms. The van der Waals surface area contributed by atoms with Gasteiger partial charge in [0.2, 0.25) is 48.9 Å². The number of rotatable bonds is 25. The van der Waals surface area contributed by atoms with Crippen LogP contribution in [0.4, 0.5) is 34.1 Å². The molecule has 0 radical (unpaired) electrons. The number of hydrogen-bond acceptors (Lipinski definition) is 7. The normalized spacial score (nSPS) is 14.7. The SMILES string of the molecule is [C-]#[N+]C(C#N)=C1C(=C2C=CC(=[N+](c3ccc(C)cc3)c3ccc(C)cc3)C=C2NS(=O)(=O)CCCCCCCC)C([C-](C#N)[N+]#[C-])=C1c1ccc(N(c2ccc(C)cc2)c2ccc(C)cc2)cc1NS(=O)(=O)CCCCCCCC. The van der Waals surface area contributed by atoms with Crippen molar-refractivity contribution in [3.63, 3.8) is 0 Å². The third-order valence-electron chi connectivity index (χ3n) is 14.2. The Balaban J connectivity index is 1.51. The summed E-state index contributed by atoms with van der Waals surface area (Å²) in [5.41, 5.74) is 8.97. The molecule has 0 bridgehead atoms. The van der Waals surface area contributed by atoms with Crippen LogP contribution in [0.1, 0.15) is 119 Å². The number of anilines is 4. The zero-order chi connectivity index (χ0) is 57.4. The first kappa shape index (κ1) is 59.3. The van der Waals surface area contributed by atoms with Gasteiger partial charge in [-0.15, -0.1) is 0 Å². The van der Waals surface area contributed by atoms with Gasteiger partial charge >= 0.3 is 0 Å². The lowest BCUT2D eigenvalue weighted by atomic mass is 9.68. The Morgan fingerprint density at radius 3 is 1.52 bits per heavy atom. The van der Waals surface area contributed by atoms with Crippen LogP contribution in [0.2, 0.25) is 0 Å². The zero-order valence-electron chi connectivity index (χ0n) is 46.7. The second-order valence-electron chi connectivity index (χ2n) is 20.5. The first-order chi connectivity index (χ1) is 38.5. The molecule has 0 saturated heterocycles. The van der Waals surface area contributed by atoms with Gasteiger partial charge in [0, 0.05) is 64.9 Å². The Kier molecular flexibility index (Phi) is 20.3. The van der Waals surface area contributed by atoms with Crippen molar-refractivity contribution in [3.05, 3.63) is 224 Å². The number of nitrogens with zero attached hydrogens (tertiary/aromatic N) is 6. The number of hydrogen-bond donors (Lipinski definition) is 2. The standard InChI is InChI=1S/C66H69N8O4S2/c1-9-11-13-15-17-19-41-79(75,76)71-59-43-55(73(51-29-21-47(3)22-30-51)52-31-23-48(4)24-32-52)37-39-57(59)63-65(61(45-67)69-7)64(66(63)62(46-68)70-8)58-40-38-56(44-60(58)72-80(77,78)42-20-18-16-14-12-10-2)74(53-33-25-49(5)26-34-53)54-35-27-50(6)28-36-54/h21-40,43-44H,9-20,41-42H2,1-6H3,(H,71,72)/q-1/p+1. The average molecular weight is 1100 g/mol. The molecule has 0 fully saturated rings. The van der Waals surface area contributed by atoms with Gasteiger partial charge in [-0.3, -0.25) is 9.44 Å². The fraction of sp³-hybridized carbons (Fsp3) is 0.303. The molecular weight excluding hydrogens is 1030 g/mol. The van der Waals surface area contributed by atoms with E-state index in [0.717, 1.165) is 96.4 Å². The zero-order valence-corrected chi connectivity index (χ0v) is 48.4. The number of unbranched alkanes of at least 4 members (excludes halogenated alkanes) is 10. The number of nitriles is 2. The highest BCUT2D eigenvalue weighted by Gasteiger charge is 2.33. The van der Waals surface area contributed by atoms with Crippen LogP contribution in [0, 0.1) is 69.5 Å². The maximum atomic E-state index is 14.4. The minimum Gasteiger partial charge on any atom is -0.310 e. The summed E-state index contributed by atoms with van der Waals surface area (Å²) >= 11 is 0. The summed E-state index contributed by atoms with van der Waals surface area (Å²) in [6.07, 6.45) is 15.4. The number of allylic oxidation sites excluding steroid dienone is 6. The molecule has 5 aromatic rings. The van der Waals surface area contributed by atoms with Crippen molar-refractivity contribution in [2.24, 2.45) is 0 Å². The fourth-order valence-corrected chi connectivity index (χ4v) is 12.3. The molecule has 410 valence electrons. The molecule has 0 saturated carbocycles. The molecular formula is C66H70N8O4S2. The molecule has 12 nitrogen and oxygen atoms in total. The molecule has 80 heavy (non-hydrogen) atoms. The maximum absolute atomic E-state index is 14.4. The van der Waals surface area contributed by atoms with E-state index in [9.17, 15) is 27.4 Å². The average Bonchev–Trinajstić information content (AvgIpc) is 3.43. The molecule has 0 unspecified atom stereocenters. The highest BCUT2D eigenvalue weighted by molar-refractivity contribution is 7.92. The molecule has 7 rings (SSSR count). The first-order valence-corrected chi connectivity index (χ1v) is 30.8. The van der Waals surface area contributed by atoms with E-state index in [1.54, 1.807) is 36.4 Å². The molecule has 0 aromatic heterocycles. The fourth-order valence-electron chi connectivity index (χ4n) is 9.92. The van der Waals surface area contributed by atoms with Crippen molar-refractivity contribution in [2.75, 3.05) is 21.1 Å². The van der Waals surface area contributed by atoms with Crippen LogP contribution in [-0.2, 0) is 20.0 Å². The molecule has 2 aliphatic carbocycles. The Bertz CT molecular complexity index is 3550. The van der Waals surface area contributed by atoms with Crippen molar-refractivity contribution in [1.29, 1.82) is 10.5 Å². The quantitative estimate of drug-likeness (QED) is 0.0255. The monoisotopic (exact) mass is 1100 g/mol. The molecule has 2 N–H and O–H groups in total. The number of sulfonamides is 2. The van der Waals surface area contributed by atoms with Gasteiger partial charge in [-0.25, -0.2) is 37.0 Å². The van der Waals surface area contributed by atoms with E-state index < -0.39 is 31.8 Å². The molecule has 0 aliphatic heterocycles. The molecule has 0 atom stereocenters. The molecule has 0 amide bonds. The summed E-state index contributed by atoms with van der Waals surface area (Å²) in [6, 6.07) is 40.6. The van der Waals surface area contributed by atoms with Gasteiger partial charge in [0.1, 0.15) is 0 Å². The lowest BCUT2D eigenvalue weighted by molar-refractivity contribution is 0.577. The van der Waals surface area contributed by atoms with E-state index in [1.807, 2.05) is 134 Å². The van der Waals surface area contributed by atoms with E-state index in [-0.39, 0.29) is 56.3 Å². The van der Waals surface area contributed by atoms with Gasteiger partial charge in [-0.05, 0) is 76.9 Å². The summed E-state index contributed by atoms with van der Waals surface area (Å²) in [7, 11) is -8.14. The Hall–Kier alpha value is -8.40. The minimum absolute atomic E-state index is 0.0324. The molecule has 0 heterocycles. The Labute approximate surface area is 475 Å².